The van der Waals surface area contributed by atoms with Crippen molar-refractivity contribution in [1.82, 2.24) is 4.90 Å². The maximum atomic E-state index is 12.1. The number of methoxy groups -OCH3 is 1. The third kappa shape index (κ3) is 5.28. The van der Waals surface area contributed by atoms with E-state index in [2.05, 4.69) is 6.07 Å². The lowest BCUT2D eigenvalue weighted by Gasteiger charge is -2.21. The van der Waals surface area contributed by atoms with Gasteiger partial charge in [-0.3, -0.25) is 4.79 Å². The number of amides is 1. The number of rotatable bonds is 9. The van der Waals surface area contributed by atoms with E-state index in [4.69, 9.17) is 14.7 Å². The van der Waals surface area contributed by atoms with Crippen LogP contribution in [-0.4, -0.2) is 37.6 Å². The summed E-state index contributed by atoms with van der Waals surface area (Å²) in [5, 5.41) is 9.16. The summed E-state index contributed by atoms with van der Waals surface area (Å²) in [6.45, 7) is 5.59. The van der Waals surface area contributed by atoms with Crippen LogP contribution in [0.4, 0.5) is 0 Å². The lowest BCUT2D eigenvalue weighted by atomic mass is 10.0. The first kappa shape index (κ1) is 17.8. The second-order valence-corrected chi connectivity index (χ2v) is 4.86. The molecule has 0 spiro atoms. The zero-order valence-corrected chi connectivity index (χ0v) is 13.5. The quantitative estimate of drug-likeness (QED) is 0.658. The summed E-state index contributed by atoms with van der Waals surface area (Å²) in [6.07, 6.45) is 1.18. The van der Waals surface area contributed by atoms with Gasteiger partial charge >= 0.3 is 0 Å². The Kier molecular flexibility index (Phi) is 7.84. The number of hydrogen-bond acceptors (Lipinski definition) is 4. The number of benzene rings is 1. The van der Waals surface area contributed by atoms with Gasteiger partial charge < -0.3 is 14.4 Å². The number of carbonyl (C=O) groups excluding carboxylic acids is 1. The highest BCUT2D eigenvalue weighted by molar-refractivity contribution is 5.81. The minimum Gasteiger partial charge on any atom is -0.497 e. The van der Waals surface area contributed by atoms with Crippen LogP contribution in [0.5, 0.6) is 11.5 Å². The topological polar surface area (TPSA) is 62.6 Å². The van der Waals surface area contributed by atoms with E-state index in [0.29, 0.717) is 32.5 Å². The van der Waals surface area contributed by atoms with Crippen molar-refractivity contribution in [3.8, 4) is 17.6 Å². The first-order valence-electron chi connectivity index (χ1n) is 7.61. The summed E-state index contributed by atoms with van der Waals surface area (Å²) >= 11 is 0. The van der Waals surface area contributed by atoms with Gasteiger partial charge in [0, 0.05) is 13.1 Å². The van der Waals surface area contributed by atoms with Gasteiger partial charge in [-0.05, 0) is 51.0 Å². The fourth-order valence-electron chi connectivity index (χ4n) is 2.15. The molecular weight excluding hydrogens is 280 g/mol. The van der Waals surface area contributed by atoms with E-state index >= 15 is 0 Å². The molecule has 5 nitrogen and oxygen atoms in total. The zero-order chi connectivity index (χ0) is 16.4. The van der Waals surface area contributed by atoms with Gasteiger partial charge in [-0.2, -0.15) is 5.26 Å². The number of nitriles is 1. The Morgan fingerprint density at radius 3 is 2.32 bits per heavy atom. The predicted octanol–water partition coefficient (Wildman–Crippen LogP) is 2.86. The molecule has 0 aliphatic carbocycles. The molecule has 1 atom stereocenters. The van der Waals surface area contributed by atoms with E-state index in [-0.39, 0.29) is 5.91 Å². The largest absolute Gasteiger partial charge is 0.497 e. The van der Waals surface area contributed by atoms with Crippen molar-refractivity contribution >= 4 is 5.91 Å². The molecule has 0 radical (unpaired) electrons. The van der Waals surface area contributed by atoms with Gasteiger partial charge in [0.05, 0.1) is 19.8 Å². The van der Waals surface area contributed by atoms with Crippen LogP contribution in [0.1, 0.15) is 26.7 Å². The Morgan fingerprint density at radius 2 is 1.82 bits per heavy atom. The van der Waals surface area contributed by atoms with Gasteiger partial charge in [0.25, 0.3) is 0 Å². The van der Waals surface area contributed by atoms with Crippen LogP contribution in [-0.2, 0) is 4.79 Å². The van der Waals surface area contributed by atoms with Crippen molar-refractivity contribution < 1.29 is 14.3 Å². The van der Waals surface area contributed by atoms with E-state index in [1.165, 1.54) is 0 Å². The van der Waals surface area contributed by atoms with E-state index in [9.17, 15) is 4.79 Å². The molecule has 0 heterocycles. The fraction of sp³-hybridized carbons (Fsp3) is 0.529. The average Bonchev–Trinajstić information content (AvgIpc) is 2.56. The number of carbonyl (C=O) groups is 1. The molecule has 120 valence electrons. The van der Waals surface area contributed by atoms with Crippen LogP contribution in [0.25, 0.3) is 0 Å². The van der Waals surface area contributed by atoms with Gasteiger partial charge in [0.1, 0.15) is 17.4 Å². The van der Waals surface area contributed by atoms with Gasteiger partial charge in [0.2, 0.25) is 5.91 Å². The smallest absolute Gasteiger partial charge is 0.239 e. The van der Waals surface area contributed by atoms with E-state index in [0.717, 1.165) is 11.5 Å². The Labute approximate surface area is 132 Å². The minimum atomic E-state index is -0.584. The molecule has 1 aromatic carbocycles. The third-order valence-corrected chi connectivity index (χ3v) is 3.49. The van der Waals surface area contributed by atoms with Crippen LogP contribution in [0, 0.1) is 17.2 Å². The van der Waals surface area contributed by atoms with Gasteiger partial charge in [-0.15, -0.1) is 0 Å². The molecule has 22 heavy (non-hydrogen) atoms. The lowest BCUT2D eigenvalue weighted by molar-refractivity contribution is -0.133. The molecule has 1 rings (SSSR count). The molecule has 0 aliphatic rings. The Bertz CT molecular complexity index is 490. The molecule has 0 saturated heterocycles. The first-order chi connectivity index (χ1) is 10.7. The van der Waals surface area contributed by atoms with E-state index in [1.54, 1.807) is 12.0 Å². The highest BCUT2D eigenvalue weighted by Gasteiger charge is 2.21. The highest BCUT2D eigenvalue weighted by Crippen LogP contribution is 2.18. The van der Waals surface area contributed by atoms with Gasteiger partial charge in [-0.25, -0.2) is 0 Å². The first-order valence-corrected chi connectivity index (χ1v) is 7.61. The summed E-state index contributed by atoms with van der Waals surface area (Å²) in [6, 6.07) is 9.43. The minimum absolute atomic E-state index is 0.0862. The second-order valence-electron chi connectivity index (χ2n) is 4.86. The number of nitrogens with zero attached hydrogens (tertiary/aromatic N) is 2. The summed E-state index contributed by atoms with van der Waals surface area (Å²) in [5.41, 5.74) is 0. The molecule has 0 N–H and O–H groups in total. The summed E-state index contributed by atoms with van der Waals surface area (Å²) < 4.78 is 10.7. The van der Waals surface area contributed by atoms with Crippen LogP contribution < -0.4 is 9.47 Å². The van der Waals surface area contributed by atoms with Gasteiger partial charge in [-0.1, -0.05) is 0 Å². The van der Waals surface area contributed by atoms with Crippen molar-refractivity contribution in [2.75, 3.05) is 26.8 Å². The molecule has 0 fully saturated rings. The SMILES string of the molecule is CCN(CC)C(=O)C(C#N)CCCOc1ccc(OC)cc1. The summed E-state index contributed by atoms with van der Waals surface area (Å²) in [7, 11) is 1.62. The van der Waals surface area contributed by atoms with Crippen molar-refractivity contribution in [3.63, 3.8) is 0 Å². The molecule has 0 saturated carbocycles. The molecule has 0 bridgehead atoms. The fourth-order valence-corrected chi connectivity index (χ4v) is 2.15. The zero-order valence-electron chi connectivity index (χ0n) is 13.5. The van der Waals surface area contributed by atoms with E-state index < -0.39 is 5.92 Å². The van der Waals surface area contributed by atoms with Crippen molar-refractivity contribution in [3.05, 3.63) is 24.3 Å². The van der Waals surface area contributed by atoms with Crippen LogP contribution in [0.15, 0.2) is 24.3 Å². The van der Waals surface area contributed by atoms with Crippen LogP contribution >= 0.6 is 0 Å². The predicted molar refractivity (Wildman–Crippen MR) is 84.8 cm³/mol. The highest BCUT2D eigenvalue weighted by atomic mass is 16.5. The van der Waals surface area contributed by atoms with Crippen LogP contribution in [0.2, 0.25) is 0 Å². The Morgan fingerprint density at radius 1 is 1.23 bits per heavy atom. The van der Waals surface area contributed by atoms with Crippen LogP contribution in [0.3, 0.4) is 0 Å². The molecule has 1 aromatic rings. The maximum Gasteiger partial charge on any atom is 0.239 e. The second kappa shape index (κ2) is 9.67. The molecule has 0 aromatic heterocycles. The standard InChI is InChI=1S/C17H24N2O3/c1-4-19(5-2)17(20)14(13-18)7-6-12-22-16-10-8-15(21-3)9-11-16/h8-11,14H,4-7,12H2,1-3H3. The molecular formula is C17H24N2O3. The van der Waals surface area contributed by atoms with Crippen molar-refractivity contribution in [1.29, 1.82) is 5.26 Å². The monoisotopic (exact) mass is 304 g/mol. The molecule has 0 aliphatic heterocycles. The lowest BCUT2D eigenvalue weighted by Crippen LogP contribution is -2.35. The number of hydrogen-bond donors (Lipinski definition) is 0. The molecule has 5 heteroatoms. The average molecular weight is 304 g/mol. The molecule has 1 amide bonds. The Balaban J connectivity index is 2.38. The third-order valence-electron chi connectivity index (χ3n) is 3.49. The van der Waals surface area contributed by atoms with E-state index in [1.807, 2.05) is 38.1 Å². The van der Waals surface area contributed by atoms with Gasteiger partial charge in [0.15, 0.2) is 0 Å². The maximum absolute atomic E-state index is 12.1. The number of ether oxygens (including phenoxy) is 2. The van der Waals surface area contributed by atoms with Crippen molar-refractivity contribution in [2.45, 2.75) is 26.7 Å². The Hall–Kier alpha value is -2.22. The normalized spacial score (nSPS) is 11.4. The summed E-state index contributed by atoms with van der Waals surface area (Å²) in [5.74, 6) is 0.863. The summed E-state index contributed by atoms with van der Waals surface area (Å²) in [4.78, 5) is 13.8. The molecule has 1 unspecified atom stereocenters. The van der Waals surface area contributed by atoms with Crippen molar-refractivity contribution in [2.24, 2.45) is 5.92 Å².